The summed E-state index contributed by atoms with van der Waals surface area (Å²) in [5.41, 5.74) is 2.58. The van der Waals surface area contributed by atoms with E-state index in [1.807, 2.05) is 37.3 Å². The number of halogens is 2. The van der Waals surface area contributed by atoms with Gasteiger partial charge in [0.2, 0.25) is 5.91 Å². The molecule has 1 heterocycles. The summed E-state index contributed by atoms with van der Waals surface area (Å²) in [5.74, 6) is -0.325. The van der Waals surface area contributed by atoms with Crippen LogP contribution in [-0.4, -0.2) is 27.6 Å². The topological polar surface area (TPSA) is 49.4 Å². The molecule has 1 fully saturated rings. The number of rotatable bonds is 6. The first-order valence-corrected chi connectivity index (χ1v) is 10.9. The fraction of sp³-hybridized carbons (Fsp3) is 0.190. The SMILES string of the molecule is Cc1ccc(/C=C2\SC(=S)N(CCCC(=O)Nc3cccc(Cl)c3Cl)C2=O)cc1. The Hall–Kier alpha value is -1.86. The van der Waals surface area contributed by atoms with E-state index in [4.69, 9.17) is 35.4 Å². The number of nitrogens with zero attached hydrogens (tertiary/aromatic N) is 1. The molecule has 0 aromatic heterocycles. The number of aryl methyl sites for hydroxylation is 1. The molecule has 0 bridgehead atoms. The quantitative estimate of drug-likeness (QED) is 0.425. The van der Waals surface area contributed by atoms with Gasteiger partial charge >= 0.3 is 0 Å². The first-order chi connectivity index (χ1) is 13.8. The summed E-state index contributed by atoms with van der Waals surface area (Å²) in [6.45, 7) is 2.40. The van der Waals surface area contributed by atoms with E-state index >= 15 is 0 Å². The molecule has 150 valence electrons. The van der Waals surface area contributed by atoms with Crippen molar-refractivity contribution < 1.29 is 9.59 Å². The smallest absolute Gasteiger partial charge is 0.266 e. The van der Waals surface area contributed by atoms with Crippen LogP contribution >= 0.6 is 47.2 Å². The number of anilines is 1. The van der Waals surface area contributed by atoms with E-state index in [2.05, 4.69) is 5.32 Å². The lowest BCUT2D eigenvalue weighted by molar-refractivity contribution is -0.122. The molecule has 4 nitrogen and oxygen atoms in total. The number of carbonyl (C=O) groups excluding carboxylic acids is 2. The van der Waals surface area contributed by atoms with Crippen molar-refractivity contribution in [1.82, 2.24) is 4.90 Å². The van der Waals surface area contributed by atoms with Gasteiger partial charge in [0.05, 0.1) is 20.6 Å². The highest BCUT2D eigenvalue weighted by Gasteiger charge is 2.31. The van der Waals surface area contributed by atoms with Gasteiger partial charge in [0.1, 0.15) is 4.32 Å². The number of amides is 2. The lowest BCUT2D eigenvalue weighted by Gasteiger charge is -2.14. The van der Waals surface area contributed by atoms with Crippen LogP contribution in [0.1, 0.15) is 24.0 Å². The molecule has 1 aliphatic rings. The van der Waals surface area contributed by atoms with Crippen molar-refractivity contribution in [2.45, 2.75) is 19.8 Å². The first-order valence-electron chi connectivity index (χ1n) is 8.91. The molecule has 2 aromatic rings. The van der Waals surface area contributed by atoms with Crippen LogP contribution in [0, 0.1) is 6.92 Å². The molecule has 2 amide bonds. The van der Waals surface area contributed by atoms with Crippen LogP contribution in [0.25, 0.3) is 6.08 Å². The number of nitrogens with one attached hydrogen (secondary N) is 1. The number of hydrogen-bond acceptors (Lipinski definition) is 4. The van der Waals surface area contributed by atoms with Crippen LogP contribution in [0.2, 0.25) is 10.0 Å². The molecule has 1 saturated heterocycles. The monoisotopic (exact) mass is 464 g/mol. The fourth-order valence-corrected chi connectivity index (χ4v) is 4.37. The van der Waals surface area contributed by atoms with Crippen molar-refractivity contribution in [2.24, 2.45) is 0 Å². The van der Waals surface area contributed by atoms with E-state index in [0.717, 1.165) is 11.1 Å². The summed E-state index contributed by atoms with van der Waals surface area (Å²) >= 11 is 18.7. The average molecular weight is 465 g/mol. The van der Waals surface area contributed by atoms with Crippen LogP contribution in [-0.2, 0) is 9.59 Å². The zero-order chi connectivity index (χ0) is 21.0. The summed E-state index contributed by atoms with van der Waals surface area (Å²) in [6.07, 6.45) is 2.55. The third-order valence-corrected chi connectivity index (χ3v) is 6.46. The summed E-state index contributed by atoms with van der Waals surface area (Å²) in [6, 6.07) is 13.0. The van der Waals surface area contributed by atoms with E-state index in [1.54, 1.807) is 23.1 Å². The predicted molar refractivity (Wildman–Crippen MR) is 125 cm³/mol. The Bertz CT molecular complexity index is 991. The average Bonchev–Trinajstić information content (AvgIpc) is 2.94. The van der Waals surface area contributed by atoms with Crippen LogP contribution < -0.4 is 5.32 Å². The molecule has 2 aromatic carbocycles. The van der Waals surface area contributed by atoms with Gasteiger partial charge in [-0.3, -0.25) is 14.5 Å². The highest BCUT2D eigenvalue weighted by atomic mass is 35.5. The molecule has 0 radical (unpaired) electrons. The highest BCUT2D eigenvalue weighted by Crippen LogP contribution is 2.33. The zero-order valence-corrected chi connectivity index (χ0v) is 18.7. The van der Waals surface area contributed by atoms with Gasteiger partial charge in [0.25, 0.3) is 5.91 Å². The van der Waals surface area contributed by atoms with Crippen LogP contribution in [0.3, 0.4) is 0 Å². The molecular weight excluding hydrogens is 447 g/mol. The molecule has 0 unspecified atom stereocenters. The Morgan fingerprint density at radius 2 is 1.93 bits per heavy atom. The number of hydrogen-bond donors (Lipinski definition) is 1. The molecule has 0 saturated carbocycles. The Labute approximate surface area is 189 Å². The normalized spacial score (nSPS) is 15.3. The summed E-state index contributed by atoms with van der Waals surface area (Å²) in [7, 11) is 0. The molecule has 0 aliphatic carbocycles. The van der Waals surface area contributed by atoms with Gasteiger partial charge in [0, 0.05) is 13.0 Å². The van der Waals surface area contributed by atoms with E-state index in [1.165, 1.54) is 11.8 Å². The number of carbonyl (C=O) groups is 2. The van der Waals surface area contributed by atoms with Gasteiger partial charge in [0.15, 0.2) is 0 Å². The second-order valence-corrected chi connectivity index (χ2v) is 8.96. The van der Waals surface area contributed by atoms with Gasteiger partial charge in [-0.25, -0.2) is 0 Å². The lowest BCUT2D eigenvalue weighted by atomic mass is 10.1. The molecule has 8 heteroatoms. The van der Waals surface area contributed by atoms with Crippen molar-refractivity contribution in [3.63, 3.8) is 0 Å². The molecule has 29 heavy (non-hydrogen) atoms. The van der Waals surface area contributed by atoms with Gasteiger partial charge in [-0.05, 0) is 37.1 Å². The molecule has 3 rings (SSSR count). The van der Waals surface area contributed by atoms with E-state index in [-0.39, 0.29) is 18.2 Å². The summed E-state index contributed by atoms with van der Waals surface area (Å²) in [4.78, 5) is 27.0. The summed E-state index contributed by atoms with van der Waals surface area (Å²) < 4.78 is 0.506. The van der Waals surface area contributed by atoms with Crippen LogP contribution in [0.5, 0.6) is 0 Å². The Morgan fingerprint density at radius 3 is 2.66 bits per heavy atom. The third kappa shape index (κ3) is 5.60. The van der Waals surface area contributed by atoms with Gasteiger partial charge < -0.3 is 5.32 Å². The van der Waals surface area contributed by atoms with E-state index in [9.17, 15) is 9.59 Å². The van der Waals surface area contributed by atoms with Crippen molar-refractivity contribution in [3.8, 4) is 0 Å². The van der Waals surface area contributed by atoms with Crippen molar-refractivity contribution in [1.29, 1.82) is 0 Å². The number of thiocarbonyl (C=S) groups is 1. The second kappa shape index (κ2) is 9.76. The van der Waals surface area contributed by atoms with Crippen LogP contribution in [0.4, 0.5) is 5.69 Å². The van der Waals surface area contributed by atoms with Gasteiger partial charge in [-0.2, -0.15) is 0 Å². The highest BCUT2D eigenvalue weighted by molar-refractivity contribution is 8.26. The minimum absolute atomic E-state index is 0.126. The maximum Gasteiger partial charge on any atom is 0.266 e. The Balaban J connectivity index is 1.54. The second-order valence-electron chi connectivity index (χ2n) is 6.50. The Morgan fingerprint density at radius 1 is 1.21 bits per heavy atom. The van der Waals surface area contributed by atoms with Crippen molar-refractivity contribution in [2.75, 3.05) is 11.9 Å². The largest absolute Gasteiger partial charge is 0.325 e. The standard InChI is InChI=1S/C21H18Cl2N2O2S2/c1-13-7-9-14(10-8-13)12-17-20(27)25(21(28)29-17)11-3-6-18(26)24-16-5-2-4-15(22)19(16)23/h2,4-5,7-10,12H,3,6,11H2,1H3,(H,24,26)/b17-12-. The van der Waals surface area contributed by atoms with E-state index in [0.29, 0.717) is 37.9 Å². The molecule has 0 spiro atoms. The fourth-order valence-electron chi connectivity index (χ4n) is 2.72. The van der Waals surface area contributed by atoms with Gasteiger partial charge in [-0.15, -0.1) is 0 Å². The number of thioether (sulfide) groups is 1. The molecule has 0 atom stereocenters. The molecule has 1 aliphatic heterocycles. The molecular formula is C21H18Cl2N2O2S2. The zero-order valence-electron chi connectivity index (χ0n) is 15.6. The lowest BCUT2D eigenvalue weighted by Crippen LogP contribution is -2.29. The Kier molecular flexibility index (Phi) is 7.35. The van der Waals surface area contributed by atoms with Crippen molar-refractivity contribution in [3.05, 3.63) is 68.5 Å². The van der Waals surface area contributed by atoms with Crippen molar-refractivity contribution >= 4 is 75.1 Å². The maximum absolute atomic E-state index is 12.7. The summed E-state index contributed by atoms with van der Waals surface area (Å²) in [5, 5.41) is 3.42. The minimum Gasteiger partial charge on any atom is -0.325 e. The van der Waals surface area contributed by atoms with Gasteiger partial charge in [-0.1, -0.05) is 83.1 Å². The number of benzene rings is 2. The molecule has 1 N–H and O–H groups in total. The minimum atomic E-state index is -0.199. The predicted octanol–water partition coefficient (Wildman–Crippen LogP) is 5.92. The van der Waals surface area contributed by atoms with Crippen LogP contribution in [0.15, 0.2) is 47.4 Å². The van der Waals surface area contributed by atoms with E-state index < -0.39 is 0 Å². The first kappa shape index (κ1) is 21.8. The maximum atomic E-state index is 12.7. The third-order valence-electron chi connectivity index (χ3n) is 4.26.